The first kappa shape index (κ1) is 17.1. The SMILES string of the molecule is CC1(C)OCC(N(CCCO)C2COC(C)(C)OC2)CO1. The molecule has 0 saturated carbocycles. The molecule has 2 saturated heterocycles. The highest BCUT2D eigenvalue weighted by molar-refractivity contribution is 4.84. The Balaban J connectivity index is 1.95. The fourth-order valence-electron chi connectivity index (χ4n) is 2.67. The normalized spacial score (nSPS) is 27.1. The summed E-state index contributed by atoms with van der Waals surface area (Å²) in [6.45, 7) is 11.2. The van der Waals surface area contributed by atoms with Crippen molar-refractivity contribution in [2.45, 2.75) is 57.8 Å². The van der Waals surface area contributed by atoms with Gasteiger partial charge in [-0.15, -0.1) is 0 Å². The van der Waals surface area contributed by atoms with E-state index < -0.39 is 11.6 Å². The fraction of sp³-hybridized carbons (Fsp3) is 1.00. The number of hydrogen-bond acceptors (Lipinski definition) is 6. The highest BCUT2D eigenvalue weighted by Crippen LogP contribution is 2.25. The van der Waals surface area contributed by atoms with E-state index in [9.17, 15) is 0 Å². The van der Waals surface area contributed by atoms with Gasteiger partial charge in [-0.05, 0) is 34.1 Å². The van der Waals surface area contributed by atoms with Gasteiger partial charge in [-0.2, -0.15) is 0 Å². The van der Waals surface area contributed by atoms with Crippen molar-refractivity contribution in [3.05, 3.63) is 0 Å². The molecule has 0 spiro atoms. The first-order valence-corrected chi connectivity index (χ1v) is 7.75. The van der Waals surface area contributed by atoms with E-state index in [-0.39, 0.29) is 18.7 Å². The third kappa shape index (κ3) is 4.87. The lowest BCUT2D eigenvalue weighted by Crippen LogP contribution is -2.58. The molecule has 0 unspecified atom stereocenters. The molecule has 2 rings (SSSR count). The summed E-state index contributed by atoms with van der Waals surface area (Å²) in [5.41, 5.74) is 0. The molecular weight excluding hydrogens is 274 g/mol. The Labute approximate surface area is 127 Å². The average molecular weight is 303 g/mol. The molecule has 124 valence electrons. The topological polar surface area (TPSA) is 60.4 Å². The van der Waals surface area contributed by atoms with Crippen molar-refractivity contribution < 1.29 is 24.1 Å². The first-order chi connectivity index (χ1) is 9.83. The molecule has 2 heterocycles. The van der Waals surface area contributed by atoms with E-state index in [2.05, 4.69) is 4.90 Å². The predicted octanol–water partition coefficient (Wildman–Crippen LogP) is 0.974. The summed E-state index contributed by atoms with van der Waals surface area (Å²) in [5.74, 6) is -1.03. The number of rotatable bonds is 5. The van der Waals surface area contributed by atoms with Crippen LogP contribution in [0.5, 0.6) is 0 Å². The Bertz CT molecular complexity index is 286. The zero-order chi connectivity index (χ0) is 15.5. The van der Waals surface area contributed by atoms with Crippen LogP contribution in [-0.2, 0) is 18.9 Å². The Morgan fingerprint density at radius 1 is 0.857 bits per heavy atom. The highest BCUT2D eigenvalue weighted by atomic mass is 16.7. The summed E-state index contributed by atoms with van der Waals surface area (Å²) in [6, 6.07) is 0.339. The first-order valence-electron chi connectivity index (χ1n) is 7.75. The van der Waals surface area contributed by atoms with Crippen molar-refractivity contribution in [3.8, 4) is 0 Å². The standard InChI is InChI=1S/C15H29NO5/c1-14(2)18-8-12(9-19-14)16(6-5-7-17)13-10-20-15(3,4)21-11-13/h12-13,17H,5-11H2,1-4H3. The number of aliphatic hydroxyl groups is 1. The molecule has 6 nitrogen and oxygen atoms in total. The molecule has 2 fully saturated rings. The van der Waals surface area contributed by atoms with E-state index in [1.165, 1.54) is 0 Å². The molecule has 0 aromatic heterocycles. The van der Waals surface area contributed by atoms with Crippen LogP contribution in [0.3, 0.4) is 0 Å². The molecule has 0 aromatic carbocycles. The Morgan fingerprint density at radius 2 is 1.24 bits per heavy atom. The second-order valence-corrected chi connectivity index (χ2v) is 6.67. The second-order valence-electron chi connectivity index (χ2n) is 6.67. The second kappa shape index (κ2) is 6.89. The quantitative estimate of drug-likeness (QED) is 0.817. The number of nitrogens with zero attached hydrogens (tertiary/aromatic N) is 1. The van der Waals surface area contributed by atoms with E-state index in [0.29, 0.717) is 26.4 Å². The Kier molecular flexibility index (Phi) is 5.62. The molecule has 2 aliphatic rings. The highest BCUT2D eigenvalue weighted by Gasteiger charge is 2.37. The van der Waals surface area contributed by atoms with E-state index in [0.717, 1.165) is 13.0 Å². The zero-order valence-corrected chi connectivity index (χ0v) is 13.6. The summed E-state index contributed by atoms with van der Waals surface area (Å²) in [7, 11) is 0. The summed E-state index contributed by atoms with van der Waals surface area (Å²) in [6.07, 6.45) is 0.722. The van der Waals surface area contributed by atoms with Gasteiger partial charge in [-0.1, -0.05) is 0 Å². The van der Waals surface area contributed by atoms with Crippen LogP contribution in [0, 0.1) is 0 Å². The maximum absolute atomic E-state index is 9.13. The minimum Gasteiger partial charge on any atom is -0.396 e. The largest absolute Gasteiger partial charge is 0.396 e. The van der Waals surface area contributed by atoms with Gasteiger partial charge in [-0.3, -0.25) is 4.90 Å². The maximum Gasteiger partial charge on any atom is 0.162 e. The molecule has 0 aliphatic carbocycles. The van der Waals surface area contributed by atoms with E-state index >= 15 is 0 Å². The van der Waals surface area contributed by atoms with Crippen LogP contribution in [0.25, 0.3) is 0 Å². The molecule has 0 aromatic rings. The fourth-order valence-corrected chi connectivity index (χ4v) is 2.67. The molecule has 2 aliphatic heterocycles. The van der Waals surface area contributed by atoms with E-state index in [1.807, 2.05) is 27.7 Å². The van der Waals surface area contributed by atoms with Crippen molar-refractivity contribution in [1.29, 1.82) is 0 Å². The predicted molar refractivity (Wildman–Crippen MR) is 78.0 cm³/mol. The summed E-state index contributed by atoms with van der Waals surface area (Å²) < 4.78 is 23.1. The average Bonchev–Trinajstić information content (AvgIpc) is 2.42. The Morgan fingerprint density at radius 3 is 1.57 bits per heavy atom. The molecule has 0 bridgehead atoms. The van der Waals surface area contributed by atoms with Crippen LogP contribution >= 0.6 is 0 Å². The van der Waals surface area contributed by atoms with Gasteiger partial charge >= 0.3 is 0 Å². The van der Waals surface area contributed by atoms with Gasteiger partial charge in [-0.25, -0.2) is 0 Å². The van der Waals surface area contributed by atoms with Crippen molar-refractivity contribution in [2.24, 2.45) is 0 Å². The van der Waals surface area contributed by atoms with Crippen LogP contribution in [0.15, 0.2) is 0 Å². The number of aliphatic hydroxyl groups excluding tert-OH is 1. The molecule has 21 heavy (non-hydrogen) atoms. The lowest BCUT2D eigenvalue weighted by molar-refractivity contribution is -0.288. The van der Waals surface area contributed by atoms with Gasteiger partial charge in [0.2, 0.25) is 0 Å². The van der Waals surface area contributed by atoms with E-state index in [1.54, 1.807) is 0 Å². The minimum atomic E-state index is -0.513. The van der Waals surface area contributed by atoms with Crippen molar-refractivity contribution >= 4 is 0 Å². The molecule has 0 amide bonds. The van der Waals surface area contributed by atoms with Crippen LogP contribution in [0.2, 0.25) is 0 Å². The minimum absolute atomic E-state index is 0.169. The van der Waals surface area contributed by atoms with Gasteiger partial charge < -0.3 is 24.1 Å². The number of ether oxygens (including phenoxy) is 4. The van der Waals surface area contributed by atoms with Crippen molar-refractivity contribution in [3.63, 3.8) is 0 Å². The van der Waals surface area contributed by atoms with Gasteiger partial charge in [0, 0.05) is 13.2 Å². The van der Waals surface area contributed by atoms with Gasteiger partial charge in [0.1, 0.15) is 0 Å². The molecular formula is C15H29NO5. The molecule has 0 radical (unpaired) electrons. The molecule has 6 heteroatoms. The van der Waals surface area contributed by atoms with Gasteiger partial charge in [0.25, 0.3) is 0 Å². The van der Waals surface area contributed by atoms with Gasteiger partial charge in [0.05, 0.1) is 38.5 Å². The molecule has 0 atom stereocenters. The lowest BCUT2D eigenvalue weighted by atomic mass is 10.1. The third-order valence-electron chi connectivity index (χ3n) is 4.01. The van der Waals surface area contributed by atoms with Crippen LogP contribution in [-0.4, -0.2) is 73.2 Å². The van der Waals surface area contributed by atoms with Crippen molar-refractivity contribution in [1.82, 2.24) is 4.90 Å². The van der Waals surface area contributed by atoms with E-state index in [4.69, 9.17) is 24.1 Å². The Hall–Kier alpha value is -0.240. The summed E-state index contributed by atoms with van der Waals surface area (Å²) in [4.78, 5) is 2.29. The van der Waals surface area contributed by atoms with Crippen LogP contribution < -0.4 is 0 Å². The van der Waals surface area contributed by atoms with Crippen LogP contribution in [0.4, 0.5) is 0 Å². The van der Waals surface area contributed by atoms with Gasteiger partial charge in [0.15, 0.2) is 11.6 Å². The maximum atomic E-state index is 9.13. The lowest BCUT2D eigenvalue weighted by Gasteiger charge is -2.46. The molecule has 1 N–H and O–H groups in total. The zero-order valence-electron chi connectivity index (χ0n) is 13.6. The monoisotopic (exact) mass is 303 g/mol. The third-order valence-corrected chi connectivity index (χ3v) is 4.01. The summed E-state index contributed by atoms with van der Waals surface area (Å²) in [5, 5.41) is 9.13. The summed E-state index contributed by atoms with van der Waals surface area (Å²) >= 11 is 0. The number of hydrogen-bond donors (Lipinski definition) is 1. The smallest absolute Gasteiger partial charge is 0.162 e. The van der Waals surface area contributed by atoms with Crippen molar-refractivity contribution in [2.75, 3.05) is 39.6 Å². The van der Waals surface area contributed by atoms with Crippen LogP contribution in [0.1, 0.15) is 34.1 Å².